The molecule has 2 aliphatic rings. The van der Waals surface area contributed by atoms with Gasteiger partial charge in [-0.2, -0.15) is 13.2 Å². The van der Waals surface area contributed by atoms with Crippen molar-refractivity contribution in [3.63, 3.8) is 0 Å². The van der Waals surface area contributed by atoms with Crippen molar-refractivity contribution in [3.8, 4) is 5.69 Å². The molecule has 198 valence electrons. The third-order valence-electron chi connectivity index (χ3n) is 7.19. The highest BCUT2D eigenvalue weighted by molar-refractivity contribution is 6.30. The second kappa shape index (κ2) is 9.61. The summed E-state index contributed by atoms with van der Waals surface area (Å²) >= 11 is 6.16. The highest BCUT2D eigenvalue weighted by Crippen LogP contribution is 2.43. The summed E-state index contributed by atoms with van der Waals surface area (Å²) in [4.78, 5) is 30.8. The average Bonchev–Trinajstić information content (AvgIpc) is 3.65. The fourth-order valence-corrected chi connectivity index (χ4v) is 5.29. The molecular formula is C30H23ClF3N3O2. The normalized spacial score (nSPS) is 16.4. The minimum absolute atomic E-state index is 0.116. The molecule has 1 aliphatic carbocycles. The number of amides is 2. The molecule has 1 saturated carbocycles. The van der Waals surface area contributed by atoms with Crippen molar-refractivity contribution >= 4 is 29.1 Å². The topological polar surface area (TPSA) is 45.6 Å². The number of carbonyl (C=O) groups is 2. The van der Waals surface area contributed by atoms with Crippen molar-refractivity contribution < 1.29 is 22.8 Å². The maximum absolute atomic E-state index is 14.2. The monoisotopic (exact) mass is 549 g/mol. The van der Waals surface area contributed by atoms with Gasteiger partial charge < -0.3 is 9.47 Å². The van der Waals surface area contributed by atoms with E-state index >= 15 is 0 Å². The van der Waals surface area contributed by atoms with Gasteiger partial charge in [-0.15, -0.1) is 0 Å². The Morgan fingerprint density at radius 3 is 2.18 bits per heavy atom. The number of para-hydroxylation sites is 2. The van der Waals surface area contributed by atoms with E-state index in [9.17, 15) is 22.8 Å². The Bertz CT molecular complexity index is 1540. The van der Waals surface area contributed by atoms with E-state index < -0.39 is 23.7 Å². The molecule has 1 fully saturated rings. The number of hydrogen-bond acceptors (Lipinski definition) is 2. The molecule has 2 heterocycles. The smallest absolute Gasteiger partial charge is 0.326 e. The molecule has 0 spiro atoms. The summed E-state index contributed by atoms with van der Waals surface area (Å²) in [6.45, 7) is -0.205. The van der Waals surface area contributed by atoms with Crippen molar-refractivity contribution in [2.45, 2.75) is 31.1 Å². The largest absolute Gasteiger partial charge is 0.416 e. The van der Waals surface area contributed by atoms with Gasteiger partial charge in [0.05, 0.1) is 22.6 Å². The van der Waals surface area contributed by atoms with Gasteiger partial charge in [-0.1, -0.05) is 35.9 Å². The van der Waals surface area contributed by atoms with E-state index in [1.807, 2.05) is 59.3 Å². The lowest BCUT2D eigenvalue weighted by atomic mass is 9.97. The lowest BCUT2D eigenvalue weighted by Gasteiger charge is -2.39. The molecule has 9 heteroatoms. The van der Waals surface area contributed by atoms with Crippen LogP contribution in [0.15, 0.2) is 91.1 Å². The zero-order valence-electron chi connectivity index (χ0n) is 20.6. The molecule has 4 aromatic rings. The van der Waals surface area contributed by atoms with Crippen LogP contribution in [0.5, 0.6) is 0 Å². The Balaban J connectivity index is 1.36. The first-order valence-electron chi connectivity index (χ1n) is 12.5. The predicted molar refractivity (Wildman–Crippen MR) is 142 cm³/mol. The van der Waals surface area contributed by atoms with Crippen LogP contribution >= 0.6 is 11.6 Å². The molecule has 0 saturated heterocycles. The standard InChI is InChI=1S/C30H23ClF3N3O2/c31-22-13-9-19(10-14-22)28-26-6-3-17-35(26)24-4-1-2-5-25(24)37(28)27(38)18-36(23-15-16-23)29(39)20-7-11-21(12-8-20)30(32,33)34/h1-14,17,23,28H,15-16,18H2. The molecule has 1 atom stereocenters. The van der Waals surface area contributed by atoms with Crippen LogP contribution in [0.4, 0.5) is 18.9 Å². The molecule has 0 radical (unpaired) electrons. The number of hydrogen-bond donors (Lipinski definition) is 0. The fraction of sp³-hybridized carbons (Fsp3) is 0.200. The highest BCUT2D eigenvalue weighted by Gasteiger charge is 2.40. The lowest BCUT2D eigenvalue weighted by molar-refractivity contribution is -0.137. The van der Waals surface area contributed by atoms with Crippen LogP contribution in [-0.2, 0) is 11.0 Å². The molecule has 3 aromatic carbocycles. The Morgan fingerprint density at radius 1 is 0.872 bits per heavy atom. The third-order valence-corrected chi connectivity index (χ3v) is 7.44. The maximum Gasteiger partial charge on any atom is 0.416 e. The number of halogens is 4. The molecule has 0 bridgehead atoms. The van der Waals surface area contributed by atoms with Gasteiger partial charge in [0.2, 0.25) is 5.91 Å². The third kappa shape index (κ3) is 4.69. The van der Waals surface area contributed by atoms with Crippen LogP contribution in [0.25, 0.3) is 5.69 Å². The van der Waals surface area contributed by atoms with Gasteiger partial charge in [0.1, 0.15) is 12.6 Å². The number of fused-ring (bicyclic) bond motifs is 3. The molecule has 1 aromatic heterocycles. The highest BCUT2D eigenvalue weighted by atomic mass is 35.5. The zero-order chi connectivity index (χ0) is 27.3. The van der Waals surface area contributed by atoms with Crippen molar-refractivity contribution in [3.05, 3.63) is 119 Å². The van der Waals surface area contributed by atoms with Gasteiger partial charge in [0.25, 0.3) is 5.91 Å². The molecule has 1 aliphatic heterocycles. The molecule has 2 amide bonds. The first-order valence-corrected chi connectivity index (χ1v) is 12.9. The molecule has 0 N–H and O–H groups in total. The van der Waals surface area contributed by atoms with E-state index in [0.29, 0.717) is 10.7 Å². The van der Waals surface area contributed by atoms with Crippen LogP contribution < -0.4 is 4.90 Å². The maximum atomic E-state index is 14.2. The van der Waals surface area contributed by atoms with Crippen LogP contribution in [0.3, 0.4) is 0 Å². The number of alkyl halides is 3. The van der Waals surface area contributed by atoms with Gasteiger partial charge in [-0.25, -0.2) is 0 Å². The summed E-state index contributed by atoms with van der Waals surface area (Å²) in [5.41, 5.74) is 2.56. The predicted octanol–water partition coefficient (Wildman–Crippen LogP) is 6.89. The molecule has 1 unspecified atom stereocenters. The van der Waals surface area contributed by atoms with Gasteiger partial charge in [0.15, 0.2) is 0 Å². The van der Waals surface area contributed by atoms with Gasteiger partial charge in [0, 0.05) is 22.8 Å². The zero-order valence-corrected chi connectivity index (χ0v) is 21.4. The summed E-state index contributed by atoms with van der Waals surface area (Å²) in [5, 5.41) is 0.574. The van der Waals surface area contributed by atoms with Crippen molar-refractivity contribution in [2.24, 2.45) is 0 Å². The number of aromatic nitrogens is 1. The van der Waals surface area contributed by atoms with Crippen LogP contribution in [0, 0.1) is 0 Å². The van der Waals surface area contributed by atoms with E-state index in [1.54, 1.807) is 17.0 Å². The summed E-state index contributed by atoms with van der Waals surface area (Å²) < 4.78 is 41.2. The number of benzene rings is 3. The summed E-state index contributed by atoms with van der Waals surface area (Å²) in [7, 11) is 0. The first kappa shape index (κ1) is 25.2. The minimum Gasteiger partial charge on any atom is -0.326 e. The second-order valence-electron chi connectivity index (χ2n) is 9.75. The Morgan fingerprint density at radius 2 is 1.54 bits per heavy atom. The van der Waals surface area contributed by atoms with E-state index in [-0.39, 0.29) is 24.1 Å². The molecule has 6 rings (SSSR count). The van der Waals surface area contributed by atoms with Gasteiger partial charge >= 0.3 is 6.18 Å². The van der Waals surface area contributed by atoms with E-state index in [1.165, 1.54) is 17.0 Å². The van der Waals surface area contributed by atoms with E-state index in [2.05, 4.69) is 0 Å². The molecule has 5 nitrogen and oxygen atoms in total. The van der Waals surface area contributed by atoms with E-state index in [4.69, 9.17) is 11.6 Å². The summed E-state index contributed by atoms with van der Waals surface area (Å²) in [5.74, 6) is -0.752. The van der Waals surface area contributed by atoms with Gasteiger partial charge in [-0.05, 0) is 79.1 Å². The van der Waals surface area contributed by atoms with Crippen LogP contribution in [0.1, 0.15) is 46.1 Å². The first-order chi connectivity index (χ1) is 18.7. The molecule has 39 heavy (non-hydrogen) atoms. The molecular weight excluding hydrogens is 527 g/mol. The van der Waals surface area contributed by atoms with Crippen LogP contribution in [-0.4, -0.2) is 33.9 Å². The Hall–Kier alpha value is -4.04. The number of rotatable bonds is 5. The SMILES string of the molecule is O=C(c1ccc(C(F)(F)F)cc1)N(CC(=O)N1c2ccccc2-n2cccc2C1c1ccc(Cl)cc1)C1CC1. The number of carbonyl (C=O) groups excluding carboxylic acids is 2. The average molecular weight is 550 g/mol. The van der Waals surface area contributed by atoms with Crippen molar-refractivity contribution in [2.75, 3.05) is 11.4 Å². The number of nitrogens with zero attached hydrogens (tertiary/aromatic N) is 3. The van der Waals surface area contributed by atoms with Gasteiger partial charge in [-0.3, -0.25) is 14.5 Å². The lowest BCUT2D eigenvalue weighted by Crippen LogP contribution is -2.47. The number of anilines is 1. The summed E-state index contributed by atoms with van der Waals surface area (Å²) in [6.07, 6.45) is -1.08. The minimum atomic E-state index is -4.50. The second-order valence-corrected chi connectivity index (χ2v) is 10.2. The Kier molecular flexibility index (Phi) is 6.22. The van der Waals surface area contributed by atoms with E-state index in [0.717, 1.165) is 41.9 Å². The Labute approximate surface area is 228 Å². The summed E-state index contributed by atoms with van der Waals surface area (Å²) in [6, 6.07) is 22.3. The fourth-order valence-electron chi connectivity index (χ4n) is 5.16. The van der Waals surface area contributed by atoms with Crippen LogP contribution in [0.2, 0.25) is 5.02 Å². The van der Waals surface area contributed by atoms with Crippen molar-refractivity contribution in [1.29, 1.82) is 0 Å². The quantitative estimate of drug-likeness (QED) is 0.272. The van der Waals surface area contributed by atoms with Crippen molar-refractivity contribution in [1.82, 2.24) is 9.47 Å².